The first-order chi connectivity index (χ1) is 9.74. The van der Waals surface area contributed by atoms with Gasteiger partial charge in [0.1, 0.15) is 5.75 Å². The number of alkyl halides is 3. The van der Waals surface area contributed by atoms with Crippen molar-refractivity contribution >= 4 is 15.9 Å². The van der Waals surface area contributed by atoms with Gasteiger partial charge >= 0.3 is 6.36 Å². The number of rotatable bonds is 3. The SMILES string of the molecule is CC1CN(Cc2ccc(OC(F)(F)F)c(Br)c2)CCC1N. The quantitative estimate of drug-likeness (QED) is 0.889. The first-order valence-electron chi connectivity index (χ1n) is 6.76. The predicted molar refractivity (Wildman–Crippen MR) is 77.9 cm³/mol. The van der Waals surface area contributed by atoms with Gasteiger partial charge in [0, 0.05) is 19.1 Å². The Morgan fingerprint density at radius 1 is 1.43 bits per heavy atom. The van der Waals surface area contributed by atoms with Crippen LogP contribution in [0.2, 0.25) is 0 Å². The molecule has 0 saturated carbocycles. The number of nitrogens with two attached hydrogens (primary N) is 1. The van der Waals surface area contributed by atoms with E-state index in [1.165, 1.54) is 6.07 Å². The predicted octanol–water partition coefficient (Wildman–Crippen LogP) is 3.52. The van der Waals surface area contributed by atoms with E-state index in [1.54, 1.807) is 12.1 Å². The van der Waals surface area contributed by atoms with Crippen molar-refractivity contribution in [1.82, 2.24) is 4.90 Å². The van der Waals surface area contributed by atoms with Crippen LogP contribution in [0.4, 0.5) is 13.2 Å². The highest BCUT2D eigenvalue weighted by Crippen LogP contribution is 2.31. The largest absolute Gasteiger partial charge is 0.573 e. The van der Waals surface area contributed by atoms with Gasteiger partial charge in [-0.3, -0.25) is 4.90 Å². The van der Waals surface area contributed by atoms with Crippen molar-refractivity contribution in [1.29, 1.82) is 0 Å². The molecular weight excluding hydrogens is 349 g/mol. The molecule has 2 unspecified atom stereocenters. The van der Waals surface area contributed by atoms with E-state index in [9.17, 15) is 13.2 Å². The summed E-state index contributed by atoms with van der Waals surface area (Å²) < 4.78 is 40.9. The second-order valence-corrected chi connectivity index (χ2v) is 6.33. The average molecular weight is 367 g/mol. The fraction of sp³-hybridized carbons (Fsp3) is 0.571. The smallest absolute Gasteiger partial charge is 0.405 e. The number of ether oxygens (including phenoxy) is 1. The molecule has 0 aromatic heterocycles. The van der Waals surface area contributed by atoms with Crippen LogP contribution in [0.1, 0.15) is 18.9 Å². The van der Waals surface area contributed by atoms with Crippen LogP contribution in [0.25, 0.3) is 0 Å². The lowest BCUT2D eigenvalue weighted by molar-refractivity contribution is -0.274. The first kappa shape index (κ1) is 16.6. The molecule has 1 aliphatic heterocycles. The van der Waals surface area contributed by atoms with Gasteiger partial charge in [0.15, 0.2) is 0 Å². The summed E-state index contributed by atoms with van der Waals surface area (Å²) in [5, 5.41) is 0. The van der Waals surface area contributed by atoms with Gasteiger partial charge in [-0.2, -0.15) is 0 Å². The summed E-state index contributed by atoms with van der Waals surface area (Å²) in [6.45, 7) is 4.62. The van der Waals surface area contributed by atoms with Crippen LogP contribution < -0.4 is 10.5 Å². The van der Waals surface area contributed by atoms with Crippen LogP contribution in [0.3, 0.4) is 0 Å². The highest BCUT2D eigenvalue weighted by Gasteiger charge is 2.32. The Morgan fingerprint density at radius 2 is 2.14 bits per heavy atom. The summed E-state index contributed by atoms with van der Waals surface area (Å²) >= 11 is 3.12. The molecule has 21 heavy (non-hydrogen) atoms. The monoisotopic (exact) mass is 366 g/mol. The standard InChI is InChI=1S/C14H18BrF3N2O/c1-9-7-20(5-4-12(9)19)8-10-2-3-13(11(15)6-10)21-14(16,17)18/h2-3,6,9,12H,4-5,7-8,19H2,1H3. The minimum absolute atomic E-state index is 0.222. The zero-order valence-electron chi connectivity index (χ0n) is 11.7. The molecule has 0 aliphatic carbocycles. The van der Waals surface area contributed by atoms with Crippen molar-refractivity contribution in [3.8, 4) is 5.75 Å². The van der Waals surface area contributed by atoms with Crippen molar-refractivity contribution in [3.63, 3.8) is 0 Å². The first-order valence-corrected chi connectivity index (χ1v) is 7.56. The number of halogens is 4. The summed E-state index contributed by atoms with van der Waals surface area (Å²) in [4.78, 5) is 2.26. The van der Waals surface area contributed by atoms with Crippen LogP contribution in [-0.4, -0.2) is 30.4 Å². The van der Waals surface area contributed by atoms with E-state index in [0.717, 1.165) is 25.1 Å². The third-order valence-electron chi connectivity index (χ3n) is 3.68. The van der Waals surface area contributed by atoms with E-state index < -0.39 is 6.36 Å². The van der Waals surface area contributed by atoms with Crippen molar-refractivity contribution in [3.05, 3.63) is 28.2 Å². The Labute approximate surface area is 130 Å². The summed E-state index contributed by atoms with van der Waals surface area (Å²) in [5.74, 6) is 0.204. The average Bonchev–Trinajstić information content (AvgIpc) is 2.36. The van der Waals surface area contributed by atoms with Gasteiger partial charge in [0.2, 0.25) is 0 Å². The third kappa shape index (κ3) is 4.86. The Balaban J connectivity index is 2.00. The number of hydrogen-bond acceptors (Lipinski definition) is 3. The molecule has 0 amide bonds. The maximum Gasteiger partial charge on any atom is 0.573 e. The van der Waals surface area contributed by atoms with E-state index in [0.29, 0.717) is 16.9 Å². The van der Waals surface area contributed by atoms with Crippen molar-refractivity contribution in [2.45, 2.75) is 32.3 Å². The Bertz CT molecular complexity index is 496. The normalized spacial score (nSPS) is 24.1. The molecule has 1 aliphatic rings. The lowest BCUT2D eigenvalue weighted by Gasteiger charge is -2.35. The molecule has 1 saturated heterocycles. The van der Waals surface area contributed by atoms with Crippen molar-refractivity contribution in [2.24, 2.45) is 11.7 Å². The van der Waals surface area contributed by atoms with Gasteiger partial charge in [-0.15, -0.1) is 13.2 Å². The lowest BCUT2D eigenvalue weighted by Crippen LogP contribution is -2.45. The number of nitrogens with zero attached hydrogens (tertiary/aromatic N) is 1. The van der Waals surface area contributed by atoms with Crippen LogP contribution in [0.5, 0.6) is 5.75 Å². The lowest BCUT2D eigenvalue weighted by atomic mass is 9.94. The molecule has 1 fully saturated rings. The third-order valence-corrected chi connectivity index (χ3v) is 4.30. The Kier molecular flexibility index (Phi) is 5.16. The van der Waals surface area contributed by atoms with Gasteiger partial charge in [0.05, 0.1) is 4.47 Å². The highest BCUT2D eigenvalue weighted by atomic mass is 79.9. The summed E-state index contributed by atoms with van der Waals surface area (Å²) in [5.41, 5.74) is 6.92. The second kappa shape index (κ2) is 6.54. The maximum absolute atomic E-state index is 12.2. The van der Waals surface area contributed by atoms with E-state index in [4.69, 9.17) is 5.73 Å². The molecule has 2 rings (SSSR count). The van der Waals surface area contributed by atoms with Crippen LogP contribution >= 0.6 is 15.9 Å². The number of piperidine rings is 1. The molecule has 3 nitrogen and oxygen atoms in total. The van der Waals surface area contributed by atoms with Gasteiger partial charge < -0.3 is 10.5 Å². The molecule has 0 spiro atoms. The van der Waals surface area contributed by atoms with Crippen molar-refractivity contribution < 1.29 is 17.9 Å². The molecule has 7 heteroatoms. The van der Waals surface area contributed by atoms with E-state index in [-0.39, 0.29) is 11.8 Å². The zero-order chi connectivity index (χ0) is 15.6. The number of hydrogen-bond donors (Lipinski definition) is 1. The summed E-state index contributed by atoms with van der Waals surface area (Å²) in [6, 6.07) is 4.90. The molecule has 0 bridgehead atoms. The van der Waals surface area contributed by atoms with E-state index in [1.807, 2.05) is 0 Å². The Hall–Kier alpha value is -0.790. The minimum atomic E-state index is -4.68. The highest BCUT2D eigenvalue weighted by molar-refractivity contribution is 9.10. The Morgan fingerprint density at radius 3 is 2.71 bits per heavy atom. The molecule has 0 radical (unpaired) electrons. The van der Waals surface area contributed by atoms with Crippen LogP contribution in [0.15, 0.2) is 22.7 Å². The van der Waals surface area contributed by atoms with Gasteiger partial charge in [-0.25, -0.2) is 0 Å². The van der Waals surface area contributed by atoms with Crippen LogP contribution in [-0.2, 0) is 6.54 Å². The minimum Gasteiger partial charge on any atom is -0.405 e. The fourth-order valence-electron chi connectivity index (χ4n) is 2.50. The summed E-state index contributed by atoms with van der Waals surface area (Å²) in [7, 11) is 0. The molecule has 1 aromatic carbocycles. The molecule has 2 atom stereocenters. The molecule has 2 N–H and O–H groups in total. The number of likely N-dealkylation sites (tertiary alicyclic amines) is 1. The van der Waals surface area contributed by atoms with Gasteiger partial charge in [-0.05, 0) is 52.5 Å². The zero-order valence-corrected chi connectivity index (χ0v) is 13.2. The second-order valence-electron chi connectivity index (χ2n) is 5.48. The van der Waals surface area contributed by atoms with Crippen molar-refractivity contribution in [2.75, 3.05) is 13.1 Å². The molecular formula is C14H18BrF3N2O. The fourth-order valence-corrected chi connectivity index (χ4v) is 3.01. The molecule has 118 valence electrons. The number of benzene rings is 1. The van der Waals surface area contributed by atoms with Gasteiger partial charge in [-0.1, -0.05) is 13.0 Å². The van der Waals surface area contributed by atoms with Crippen LogP contribution in [0, 0.1) is 5.92 Å². The topological polar surface area (TPSA) is 38.5 Å². The molecule has 1 heterocycles. The molecule has 1 aromatic rings. The van der Waals surface area contributed by atoms with E-state index >= 15 is 0 Å². The maximum atomic E-state index is 12.2. The van der Waals surface area contributed by atoms with Gasteiger partial charge in [0.25, 0.3) is 0 Å². The van der Waals surface area contributed by atoms with E-state index in [2.05, 4.69) is 32.5 Å². The summed E-state index contributed by atoms with van der Waals surface area (Å²) in [6.07, 6.45) is -3.74.